The first-order valence-corrected chi connectivity index (χ1v) is 7.58. The first-order chi connectivity index (χ1) is 10.1. The number of nitrogens with two attached hydrogens (primary N) is 1. The number of ether oxygens (including phenoxy) is 1. The van der Waals surface area contributed by atoms with Gasteiger partial charge < -0.3 is 15.4 Å². The zero-order valence-electron chi connectivity index (χ0n) is 12.9. The Morgan fingerprint density at radius 3 is 2.62 bits per heavy atom. The molecular formula is C16H25N3O2. The number of nitrogens with zero attached hydrogens (tertiary/aromatic N) is 2. The van der Waals surface area contributed by atoms with Gasteiger partial charge in [-0.1, -0.05) is 6.07 Å². The lowest BCUT2D eigenvalue weighted by Crippen LogP contribution is -2.49. The van der Waals surface area contributed by atoms with E-state index in [1.165, 1.54) is 0 Å². The third kappa shape index (κ3) is 4.44. The minimum absolute atomic E-state index is 0.0802. The summed E-state index contributed by atoms with van der Waals surface area (Å²) in [6, 6.07) is 7.43. The predicted octanol–water partition coefficient (Wildman–Crippen LogP) is 1.19. The number of benzene rings is 1. The van der Waals surface area contributed by atoms with Crippen LogP contribution in [0.2, 0.25) is 0 Å². The second-order valence-electron chi connectivity index (χ2n) is 5.62. The third-order valence-electron chi connectivity index (χ3n) is 3.56. The van der Waals surface area contributed by atoms with Crippen LogP contribution in [0, 0.1) is 0 Å². The van der Waals surface area contributed by atoms with Crippen molar-refractivity contribution in [2.75, 3.05) is 39.3 Å². The van der Waals surface area contributed by atoms with Crippen molar-refractivity contribution in [2.45, 2.75) is 20.0 Å². The average molecular weight is 291 g/mol. The molecule has 1 aromatic carbocycles. The third-order valence-corrected chi connectivity index (χ3v) is 3.56. The zero-order chi connectivity index (χ0) is 15.2. The maximum absolute atomic E-state index is 12.5. The molecule has 21 heavy (non-hydrogen) atoms. The van der Waals surface area contributed by atoms with Gasteiger partial charge in [-0.25, -0.2) is 0 Å². The number of carbonyl (C=O) groups excluding carboxylic acids is 1. The molecule has 1 aromatic rings. The smallest absolute Gasteiger partial charge is 0.254 e. The van der Waals surface area contributed by atoms with Gasteiger partial charge in [-0.15, -0.1) is 0 Å². The Hall–Kier alpha value is -1.59. The summed E-state index contributed by atoms with van der Waals surface area (Å²) in [5, 5.41) is 0. The second-order valence-corrected chi connectivity index (χ2v) is 5.62. The van der Waals surface area contributed by atoms with Gasteiger partial charge >= 0.3 is 0 Å². The van der Waals surface area contributed by atoms with Crippen LogP contribution in [-0.4, -0.2) is 61.1 Å². The Bertz CT molecular complexity index is 468. The maximum atomic E-state index is 12.5. The molecule has 0 aromatic heterocycles. The lowest BCUT2D eigenvalue weighted by molar-refractivity contribution is 0.0640. The normalized spacial score (nSPS) is 16.3. The van der Waals surface area contributed by atoms with E-state index in [0.717, 1.165) is 38.5 Å². The minimum Gasteiger partial charge on any atom is -0.491 e. The Balaban J connectivity index is 1.97. The van der Waals surface area contributed by atoms with Gasteiger partial charge in [-0.3, -0.25) is 9.69 Å². The molecule has 1 heterocycles. The zero-order valence-corrected chi connectivity index (χ0v) is 12.9. The van der Waals surface area contributed by atoms with Gasteiger partial charge in [0.25, 0.3) is 5.91 Å². The van der Waals surface area contributed by atoms with E-state index in [1.807, 2.05) is 43.0 Å². The molecular weight excluding hydrogens is 266 g/mol. The van der Waals surface area contributed by atoms with Crippen molar-refractivity contribution >= 4 is 5.91 Å². The van der Waals surface area contributed by atoms with E-state index in [1.54, 1.807) is 0 Å². The summed E-state index contributed by atoms with van der Waals surface area (Å²) in [5.41, 5.74) is 6.26. The predicted molar refractivity (Wildman–Crippen MR) is 83.6 cm³/mol. The van der Waals surface area contributed by atoms with Gasteiger partial charge in [-0.2, -0.15) is 0 Å². The van der Waals surface area contributed by atoms with Gasteiger partial charge in [0.1, 0.15) is 5.75 Å². The van der Waals surface area contributed by atoms with Gasteiger partial charge in [0, 0.05) is 44.8 Å². The fraction of sp³-hybridized carbons (Fsp3) is 0.562. The van der Waals surface area contributed by atoms with Gasteiger partial charge in [0.15, 0.2) is 0 Å². The van der Waals surface area contributed by atoms with Crippen LogP contribution in [0.5, 0.6) is 5.75 Å². The number of amides is 1. The summed E-state index contributed by atoms with van der Waals surface area (Å²) in [4.78, 5) is 16.7. The minimum atomic E-state index is 0.0802. The standard InChI is InChI=1S/C16H25N3O2/c1-13(2)21-15-5-3-4-14(12-15)16(20)19-10-8-18(7-6-17)9-11-19/h3-5,12-13H,6-11,17H2,1-2H3. The van der Waals surface area contributed by atoms with Gasteiger partial charge in [-0.05, 0) is 32.0 Å². The molecule has 0 aliphatic carbocycles. The molecule has 0 saturated carbocycles. The number of hydrogen-bond acceptors (Lipinski definition) is 4. The fourth-order valence-electron chi connectivity index (χ4n) is 2.51. The summed E-state index contributed by atoms with van der Waals surface area (Å²) in [6.07, 6.45) is 0.107. The molecule has 1 aliphatic rings. The highest BCUT2D eigenvalue weighted by atomic mass is 16.5. The summed E-state index contributed by atoms with van der Waals surface area (Å²) in [7, 11) is 0. The molecule has 2 rings (SSSR count). The molecule has 116 valence electrons. The Morgan fingerprint density at radius 2 is 2.00 bits per heavy atom. The molecule has 1 amide bonds. The molecule has 0 bridgehead atoms. The first-order valence-electron chi connectivity index (χ1n) is 7.58. The van der Waals surface area contributed by atoms with Crippen LogP contribution >= 0.6 is 0 Å². The SMILES string of the molecule is CC(C)Oc1cccc(C(=O)N2CCN(CCN)CC2)c1. The van der Waals surface area contributed by atoms with Crippen LogP contribution in [0.3, 0.4) is 0 Å². The van der Waals surface area contributed by atoms with Crippen LogP contribution in [-0.2, 0) is 0 Å². The maximum Gasteiger partial charge on any atom is 0.254 e. The number of carbonyl (C=O) groups is 1. The molecule has 0 unspecified atom stereocenters. The van der Waals surface area contributed by atoms with Crippen molar-refractivity contribution in [1.82, 2.24) is 9.80 Å². The lowest BCUT2D eigenvalue weighted by atomic mass is 10.1. The molecule has 1 aliphatic heterocycles. The Labute approximate surface area is 126 Å². The van der Waals surface area contributed by atoms with Gasteiger partial charge in [0.2, 0.25) is 0 Å². The van der Waals surface area contributed by atoms with Crippen molar-refractivity contribution in [3.05, 3.63) is 29.8 Å². The number of rotatable bonds is 5. The van der Waals surface area contributed by atoms with Crippen LogP contribution in [0.25, 0.3) is 0 Å². The monoisotopic (exact) mass is 291 g/mol. The molecule has 1 fully saturated rings. The highest BCUT2D eigenvalue weighted by molar-refractivity contribution is 5.94. The molecule has 0 spiro atoms. The Morgan fingerprint density at radius 1 is 1.29 bits per heavy atom. The van der Waals surface area contributed by atoms with E-state index in [4.69, 9.17) is 10.5 Å². The Kier molecular flexibility index (Phi) is 5.59. The number of piperazine rings is 1. The van der Waals surface area contributed by atoms with Crippen molar-refractivity contribution in [3.8, 4) is 5.75 Å². The van der Waals surface area contributed by atoms with E-state index in [9.17, 15) is 4.79 Å². The second kappa shape index (κ2) is 7.43. The van der Waals surface area contributed by atoms with Crippen LogP contribution < -0.4 is 10.5 Å². The summed E-state index contributed by atoms with van der Waals surface area (Å²) in [5.74, 6) is 0.828. The van der Waals surface area contributed by atoms with Crippen LogP contribution in [0.4, 0.5) is 0 Å². The molecule has 1 saturated heterocycles. The molecule has 0 radical (unpaired) electrons. The number of hydrogen-bond donors (Lipinski definition) is 1. The average Bonchev–Trinajstić information content (AvgIpc) is 2.47. The molecule has 0 atom stereocenters. The van der Waals surface area contributed by atoms with Crippen LogP contribution in [0.1, 0.15) is 24.2 Å². The van der Waals surface area contributed by atoms with Crippen molar-refractivity contribution in [2.24, 2.45) is 5.73 Å². The van der Waals surface area contributed by atoms with Crippen LogP contribution in [0.15, 0.2) is 24.3 Å². The van der Waals surface area contributed by atoms with E-state index in [-0.39, 0.29) is 12.0 Å². The highest BCUT2D eigenvalue weighted by Crippen LogP contribution is 2.17. The fourth-order valence-corrected chi connectivity index (χ4v) is 2.51. The van der Waals surface area contributed by atoms with Gasteiger partial charge in [0.05, 0.1) is 6.10 Å². The summed E-state index contributed by atoms with van der Waals surface area (Å²) < 4.78 is 5.65. The topological polar surface area (TPSA) is 58.8 Å². The van der Waals surface area contributed by atoms with Crippen molar-refractivity contribution in [3.63, 3.8) is 0 Å². The van der Waals surface area contributed by atoms with E-state index in [2.05, 4.69) is 4.90 Å². The van der Waals surface area contributed by atoms with E-state index < -0.39 is 0 Å². The van der Waals surface area contributed by atoms with Crippen molar-refractivity contribution in [1.29, 1.82) is 0 Å². The first kappa shape index (κ1) is 15.8. The lowest BCUT2D eigenvalue weighted by Gasteiger charge is -2.34. The molecule has 5 nitrogen and oxygen atoms in total. The highest BCUT2D eigenvalue weighted by Gasteiger charge is 2.21. The van der Waals surface area contributed by atoms with Crippen molar-refractivity contribution < 1.29 is 9.53 Å². The summed E-state index contributed by atoms with van der Waals surface area (Å²) >= 11 is 0. The molecule has 5 heteroatoms. The largest absolute Gasteiger partial charge is 0.491 e. The van der Waals surface area contributed by atoms with E-state index in [0.29, 0.717) is 12.1 Å². The molecule has 2 N–H and O–H groups in total. The quantitative estimate of drug-likeness (QED) is 0.885. The summed E-state index contributed by atoms with van der Waals surface area (Å²) in [6.45, 7) is 8.83. The van der Waals surface area contributed by atoms with E-state index >= 15 is 0 Å².